The van der Waals surface area contributed by atoms with Crippen LogP contribution in [0.2, 0.25) is 0 Å². The highest BCUT2D eigenvalue weighted by molar-refractivity contribution is 9.11. The molecule has 9 heteroatoms. The molecule has 0 aromatic heterocycles. The van der Waals surface area contributed by atoms with Crippen molar-refractivity contribution >= 4 is 72.4 Å². The highest BCUT2D eigenvalue weighted by Gasteiger charge is 2.36. The summed E-state index contributed by atoms with van der Waals surface area (Å²) in [5.74, 6) is -1.09. The second kappa shape index (κ2) is 8.50. The first-order valence-corrected chi connectivity index (χ1v) is 10.5. The summed E-state index contributed by atoms with van der Waals surface area (Å²) in [6.07, 6.45) is 1.43. The monoisotopic (exact) mass is 524 g/mol. The minimum atomic E-state index is -0.578. The maximum Gasteiger partial charge on any atom is 0.294 e. The van der Waals surface area contributed by atoms with Crippen molar-refractivity contribution in [3.05, 3.63) is 61.4 Å². The molecule has 2 aromatic rings. The maximum atomic E-state index is 12.6. The third kappa shape index (κ3) is 4.48. The van der Waals surface area contributed by atoms with Gasteiger partial charge in [-0.2, -0.15) is 0 Å². The Labute approximate surface area is 182 Å². The quantitative estimate of drug-likeness (QED) is 0.554. The number of carbonyl (C=O) groups excluding carboxylic acids is 3. The Kier molecular flexibility index (Phi) is 6.26. The van der Waals surface area contributed by atoms with Crippen LogP contribution in [0.25, 0.3) is 6.08 Å². The van der Waals surface area contributed by atoms with Gasteiger partial charge in [-0.1, -0.05) is 34.1 Å². The molecule has 1 heterocycles. The maximum absolute atomic E-state index is 12.6. The number of aryl methyl sites for hydroxylation is 1. The molecule has 1 aliphatic heterocycles. The van der Waals surface area contributed by atoms with Crippen LogP contribution in [-0.4, -0.2) is 33.6 Å². The van der Waals surface area contributed by atoms with Crippen LogP contribution in [0.3, 0.4) is 0 Å². The van der Waals surface area contributed by atoms with Crippen molar-refractivity contribution in [1.29, 1.82) is 0 Å². The van der Waals surface area contributed by atoms with Gasteiger partial charge in [0, 0.05) is 15.7 Å². The molecule has 1 saturated heterocycles. The Hall–Kier alpha value is -2.10. The van der Waals surface area contributed by atoms with E-state index in [4.69, 9.17) is 0 Å². The van der Waals surface area contributed by atoms with Crippen LogP contribution in [0.4, 0.5) is 10.5 Å². The summed E-state index contributed by atoms with van der Waals surface area (Å²) in [5.41, 5.74) is 1.87. The second-order valence-corrected chi connectivity index (χ2v) is 8.72. The van der Waals surface area contributed by atoms with E-state index in [9.17, 15) is 19.5 Å². The number of imide groups is 1. The molecular weight excluding hydrogens is 512 g/mol. The van der Waals surface area contributed by atoms with Crippen molar-refractivity contribution < 1.29 is 19.5 Å². The Morgan fingerprint density at radius 1 is 1.25 bits per heavy atom. The summed E-state index contributed by atoms with van der Waals surface area (Å²) in [5, 5.41) is 12.3. The van der Waals surface area contributed by atoms with Gasteiger partial charge in [0.1, 0.15) is 12.3 Å². The van der Waals surface area contributed by atoms with Gasteiger partial charge in [-0.05, 0) is 64.5 Å². The molecule has 0 radical (unpaired) electrons. The molecule has 0 aliphatic carbocycles. The van der Waals surface area contributed by atoms with E-state index in [0.29, 0.717) is 20.2 Å². The van der Waals surface area contributed by atoms with E-state index in [1.165, 1.54) is 6.08 Å². The SMILES string of the molecule is Cc1ccccc1NC(=O)CN1C(=O)S/C(=C\c2cc(Br)cc(Br)c2O)C1=O. The van der Waals surface area contributed by atoms with Crippen molar-refractivity contribution in [3.8, 4) is 5.75 Å². The predicted octanol–water partition coefficient (Wildman–Crippen LogP) is 4.90. The number of carbonyl (C=O) groups is 3. The average Bonchev–Trinajstić information content (AvgIpc) is 2.88. The van der Waals surface area contributed by atoms with Crippen LogP contribution in [0.5, 0.6) is 5.75 Å². The Bertz CT molecular complexity index is 1020. The number of anilines is 1. The molecule has 144 valence electrons. The summed E-state index contributed by atoms with van der Waals surface area (Å²) < 4.78 is 1.14. The van der Waals surface area contributed by atoms with E-state index in [2.05, 4.69) is 37.2 Å². The van der Waals surface area contributed by atoms with Crippen molar-refractivity contribution in [2.75, 3.05) is 11.9 Å². The van der Waals surface area contributed by atoms with Crippen LogP contribution in [0.15, 0.2) is 50.2 Å². The highest BCUT2D eigenvalue weighted by atomic mass is 79.9. The van der Waals surface area contributed by atoms with Crippen molar-refractivity contribution in [2.24, 2.45) is 0 Å². The minimum Gasteiger partial charge on any atom is -0.506 e. The standard InChI is InChI=1S/C19H14Br2N2O4S/c1-10-4-2-3-5-14(10)22-16(24)9-23-18(26)15(28-19(23)27)7-11-6-12(20)8-13(21)17(11)25/h2-8,25H,9H2,1H3,(H,22,24)/b15-7-. The molecule has 0 spiro atoms. The number of benzene rings is 2. The van der Waals surface area contributed by atoms with E-state index >= 15 is 0 Å². The van der Waals surface area contributed by atoms with Crippen molar-refractivity contribution in [3.63, 3.8) is 0 Å². The Morgan fingerprint density at radius 2 is 1.96 bits per heavy atom. The number of hydrogen-bond acceptors (Lipinski definition) is 5. The smallest absolute Gasteiger partial charge is 0.294 e. The fraction of sp³-hybridized carbons (Fsp3) is 0.105. The predicted molar refractivity (Wildman–Crippen MR) is 116 cm³/mol. The molecule has 0 bridgehead atoms. The normalized spacial score (nSPS) is 15.4. The number of aromatic hydroxyl groups is 1. The number of hydrogen-bond donors (Lipinski definition) is 2. The lowest BCUT2D eigenvalue weighted by Gasteiger charge is -2.13. The van der Waals surface area contributed by atoms with Gasteiger partial charge in [0.15, 0.2) is 0 Å². The molecule has 1 fully saturated rings. The molecule has 28 heavy (non-hydrogen) atoms. The summed E-state index contributed by atoms with van der Waals surface area (Å²) in [4.78, 5) is 38.1. The minimum absolute atomic E-state index is 0.0488. The summed E-state index contributed by atoms with van der Waals surface area (Å²) in [6.45, 7) is 1.46. The van der Waals surface area contributed by atoms with E-state index in [-0.39, 0.29) is 17.2 Å². The van der Waals surface area contributed by atoms with E-state index in [0.717, 1.165) is 22.2 Å². The van der Waals surface area contributed by atoms with Crippen LogP contribution in [0.1, 0.15) is 11.1 Å². The number of rotatable bonds is 4. The molecule has 3 amide bonds. The zero-order chi connectivity index (χ0) is 20.4. The third-order valence-corrected chi connectivity index (χ3v) is 5.91. The molecule has 0 saturated carbocycles. The van der Waals surface area contributed by atoms with Crippen LogP contribution in [-0.2, 0) is 9.59 Å². The lowest BCUT2D eigenvalue weighted by atomic mass is 10.2. The van der Waals surface area contributed by atoms with Gasteiger partial charge >= 0.3 is 0 Å². The zero-order valence-electron chi connectivity index (χ0n) is 14.5. The Morgan fingerprint density at radius 3 is 2.68 bits per heavy atom. The number of phenols is 1. The van der Waals surface area contributed by atoms with E-state index in [1.54, 1.807) is 24.3 Å². The van der Waals surface area contributed by atoms with Gasteiger partial charge in [0.05, 0.1) is 9.38 Å². The first-order chi connectivity index (χ1) is 13.3. The van der Waals surface area contributed by atoms with Gasteiger partial charge in [-0.15, -0.1) is 0 Å². The summed E-state index contributed by atoms with van der Waals surface area (Å²) in [7, 11) is 0. The molecule has 2 aromatic carbocycles. The largest absolute Gasteiger partial charge is 0.506 e. The number of para-hydroxylation sites is 1. The summed E-state index contributed by atoms with van der Waals surface area (Å²) >= 11 is 7.26. The van der Waals surface area contributed by atoms with Gasteiger partial charge in [-0.25, -0.2) is 0 Å². The van der Waals surface area contributed by atoms with Gasteiger partial charge in [-0.3, -0.25) is 19.3 Å². The molecule has 6 nitrogen and oxygen atoms in total. The number of amides is 3. The number of nitrogens with one attached hydrogen (secondary N) is 1. The van der Waals surface area contributed by atoms with Crippen LogP contribution < -0.4 is 5.32 Å². The molecular formula is C19H14Br2N2O4S. The number of nitrogens with zero attached hydrogens (tertiary/aromatic N) is 1. The second-order valence-electron chi connectivity index (χ2n) is 5.96. The Balaban J connectivity index is 1.77. The van der Waals surface area contributed by atoms with Gasteiger partial charge < -0.3 is 10.4 Å². The average molecular weight is 526 g/mol. The zero-order valence-corrected chi connectivity index (χ0v) is 18.5. The first-order valence-electron chi connectivity index (χ1n) is 8.05. The number of halogens is 2. The fourth-order valence-corrected chi connectivity index (χ4v) is 4.61. The van der Waals surface area contributed by atoms with E-state index < -0.39 is 17.1 Å². The third-order valence-electron chi connectivity index (χ3n) is 3.94. The topological polar surface area (TPSA) is 86.7 Å². The molecule has 3 rings (SSSR count). The lowest BCUT2D eigenvalue weighted by Crippen LogP contribution is -2.36. The van der Waals surface area contributed by atoms with Crippen LogP contribution >= 0.6 is 43.6 Å². The number of phenolic OH excluding ortho intramolecular Hbond substituents is 1. The fourth-order valence-electron chi connectivity index (χ4n) is 2.52. The molecule has 0 unspecified atom stereocenters. The van der Waals surface area contributed by atoms with Crippen molar-refractivity contribution in [1.82, 2.24) is 4.90 Å². The number of thioether (sulfide) groups is 1. The van der Waals surface area contributed by atoms with Gasteiger partial charge in [0.25, 0.3) is 11.1 Å². The molecule has 0 atom stereocenters. The molecule has 2 N–H and O–H groups in total. The van der Waals surface area contributed by atoms with E-state index in [1.807, 2.05) is 19.1 Å². The van der Waals surface area contributed by atoms with Crippen LogP contribution in [0, 0.1) is 6.92 Å². The van der Waals surface area contributed by atoms with Gasteiger partial charge in [0.2, 0.25) is 5.91 Å². The highest BCUT2D eigenvalue weighted by Crippen LogP contribution is 2.37. The van der Waals surface area contributed by atoms with Crippen molar-refractivity contribution in [2.45, 2.75) is 6.92 Å². The first kappa shape index (κ1) is 20.6. The lowest BCUT2D eigenvalue weighted by molar-refractivity contribution is -0.127. The molecule has 1 aliphatic rings. The summed E-state index contributed by atoms with van der Waals surface area (Å²) in [6, 6.07) is 10.5.